The number of halogens is 3. The van der Waals surface area contributed by atoms with Crippen LogP contribution in [0.15, 0.2) is 52.9 Å². The first-order valence-electron chi connectivity index (χ1n) is 11.9. The minimum Gasteiger partial charge on any atom is -0.487 e. The first kappa shape index (κ1) is 27.0. The largest absolute Gasteiger partial charge is 0.507 e. The van der Waals surface area contributed by atoms with Crippen molar-refractivity contribution < 1.29 is 41.8 Å². The zero-order chi connectivity index (χ0) is 27.7. The van der Waals surface area contributed by atoms with Crippen LogP contribution in [0.3, 0.4) is 0 Å². The monoisotopic (exact) mass is 532 g/mol. The van der Waals surface area contributed by atoms with Crippen molar-refractivity contribution in [3.05, 3.63) is 71.1 Å². The number of nitrogens with zero attached hydrogens (tertiary/aromatic N) is 2. The third-order valence-electron chi connectivity index (χ3n) is 6.51. The van der Waals surface area contributed by atoms with Crippen LogP contribution in [0.5, 0.6) is 5.75 Å². The number of alkyl halides is 3. The van der Waals surface area contributed by atoms with E-state index in [-0.39, 0.29) is 18.4 Å². The third-order valence-corrected chi connectivity index (χ3v) is 6.51. The molecule has 0 radical (unpaired) electrons. The van der Waals surface area contributed by atoms with E-state index in [9.17, 15) is 22.8 Å². The molecule has 202 valence electrons. The second-order valence-corrected chi connectivity index (χ2v) is 9.52. The zero-order valence-corrected chi connectivity index (χ0v) is 21.0. The molecule has 1 fully saturated rings. The number of oxazole rings is 1. The average molecular weight is 533 g/mol. The lowest BCUT2D eigenvalue weighted by atomic mass is 9.83. The molecule has 11 heteroatoms. The predicted octanol–water partition coefficient (Wildman–Crippen LogP) is 6.17. The number of rotatable bonds is 7. The number of carbonyl (C=O) groups is 2. The number of carbonyl (C=O) groups excluding carboxylic acids is 1. The van der Waals surface area contributed by atoms with Gasteiger partial charge in [-0.05, 0) is 69.2 Å². The Morgan fingerprint density at radius 1 is 1.13 bits per heavy atom. The molecular weight excluding hydrogens is 505 g/mol. The second-order valence-electron chi connectivity index (χ2n) is 9.52. The van der Waals surface area contributed by atoms with Crippen molar-refractivity contribution in [2.75, 3.05) is 6.54 Å². The predicted molar refractivity (Wildman–Crippen MR) is 129 cm³/mol. The number of aryl methyl sites for hydroxylation is 1. The Kier molecular flexibility index (Phi) is 7.39. The van der Waals surface area contributed by atoms with Gasteiger partial charge in [-0.1, -0.05) is 12.1 Å². The number of aromatic nitrogens is 1. The normalized spacial score (nSPS) is 15.9. The maximum atomic E-state index is 13.3. The minimum absolute atomic E-state index is 0.0362. The summed E-state index contributed by atoms with van der Waals surface area (Å²) in [6.07, 6.45) is -5.57. The molecule has 38 heavy (non-hydrogen) atoms. The quantitative estimate of drug-likeness (QED) is 0.363. The molecule has 0 bridgehead atoms. The number of hydrogen-bond donors (Lipinski definition) is 1. The minimum atomic E-state index is -4.43. The van der Waals surface area contributed by atoms with Gasteiger partial charge in [-0.2, -0.15) is 13.2 Å². The van der Waals surface area contributed by atoms with Gasteiger partial charge < -0.3 is 23.9 Å². The van der Waals surface area contributed by atoms with E-state index in [1.165, 1.54) is 17.0 Å². The molecule has 1 atom stereocenters. The van der Waals surface area contributed by atoms with E-state index >= 15 is 0 Å². The van der Waals surface area contributed by atoms with Crippen LogP contribution in [-0.4, -0.2) is 39.8 Å². The van der Waals surface area contributed by atoms with Crippen LogP contribution in [0.1, 0.15) is 49.3 Å². The van der Waals surface area contributed by atoms with Crippen molar-refractivity contribution in [1.29, 1.82) is 0 Å². The number of carboxylic acid groups (broad SMARTS) is 1. The van der Waals surface area contributed by atoms with E-state index in [0.717, 1.165) is 12.1 Å². The Bertz CT molecular complexity index is 1320. The van der Waals surface area contributed by atoms with E-state index in [0.29, 0.717) is 47.7 Å². The van der Waals surface area contributed by atoms with E-state index in [2.05, 4.69) is 4.98 Å². The van der Waals surface area contributed by atoms with Crippen molar-refractivity contribution in [2.45, 2.75) is 58.0 Å². The molecule has 1 saturated heterocycles. The van der Waals surface area contributed by atoms with Crippen LogP contribution in [-0.2, 0) is 27.7 Å². The first-order chi connectivity index (χ1) is 17.9. The van der Waals surface area contributed by atoms with E-state index in [4.69, 9.17) is 19.0 Å². The standard InChI is InChI=1S/C27H27F3N2O6/c1-16-21(31-23(37-16)17-9-11-18(12-10-17)27(28,29)30)15-36-20-7-4-6-19(14-20)26(2,3)24(33)32-13-5-8-22(32)38-25(34)35/h4,6-7,9-12,14,22H,5,8,13,15H2,1-3H3,(H,34,35)/t22-/m1/s1. The molecule has 1 aliphatic heterocycles. The van der Waals surface area contributed by atoms with Gasteiger partial charge in [0.1, 0.15) is 23.8 Å². The molecule has 2 heterocycles. The summed E-state index contributed by atoms with van der Waals surface area (Å²) >= 11 is 0. The van der Waals surface area contributed by atoms with Crippen LogP contribution < -0.4 is 4.74 Å². The van der Waals surface area contributed by atoms with Crippen LogP contribution >= 0.6 is 0 Å². The number of amides is 1. The van der Waals surface area contributed by atoms with Crippen molar-refractivity contribution in [2.24, 2.45) is 0 Å². The Morgan fingerprint density at radius 3 is 2.50 bits per heavy atom. The second kappa shape index (κ2) is 10.4. The summed E-state index contributed by atoms with van der Waals surface area (Å²) in [6, 6.07) is 11.5. The molecule has 4 rings (SSSR count). The van der Waals surface area contributed by atoms with Gasteiger partial charge in [-0.15, -0.1) is 0 Å². The molecule has 0 unspecified atom stereocenters. The lowest BCUT2D eigenvalue weighted by Gasteiger charge is -2.32. The lowest BCUT2D eigenvalue weighted by Crippen LogP contribution is -2.47. The SMILES string of the molecule is Cc1oc(-c2ccc(C(F)(F)F)cc2)nc1COc1cccc(C(C)(C)C(=O)N2CCC[C@H]2OC(=O)O)c1. The van der Waals surface area contributed by atoms with Crippen LogP contribution in [0, 0.1) is 6.92 Å². The molecule has 0 aliphatic carbocycles. The van der Waals surface area contributed by atoms with Crippen molar-refractivity contribution in [3.8, 4) is 17.2 Å². The average Bonchev–Trinajstić information content (AvgIpc) is 3.47. The van der Waals surface area contributed by atoms with Gasteiger partial charge in [0, 0.05) is 18.5 Å². The fourth-order valence-corrected chi connectivity index (χ4v) is 4.30. The maximum Gasteiger partial charge on any atom is 0.507 e. The Morgan fingerprint density at radius 2 is 1.84 bits per heavy atom. The first-order valence-corrected chi connectivity index (χ1v) is 11.9. The maximum absolute atomic E-state index is 13.3. The Balaban J connectivity index is 1.46. The molecule has 1 N–H and O–H groups in total. The molecule has 0 saturated carbocycles. The summed E-state index contributed by atoms with van der Waals surface area (Å²) in [5, 5.41) is 8.98. The van der Waals surface area contributed by atoms with Gasteiger partial charge in [-0.25, -0.2) is 9.78 Å². The number of likely N-dealkylation sites (tertiary alicyclic amines) is 1. The van der Waals surface area contributed by atoms with Crippen molar-refractivity contribution in [1.82, 2.24) is 9.88 Å². The molecule has 1 aliphatic rings. The lowest BCUT2D eigenvalue weighted by molar-refractivity contribution is -0.144. The van der Waals surface area contributed by atoms with Gasteiger partial charge in [-0.3, -0.25) is 4.79 Å². The molecule has 1 amide bonds. The van der Waals surface area contributed by atoms with Crippen molar-refractivity contribution >= 4 is 12.1 Å². The highest BCUT2D eigenvalue weighted by atomic mass is 19.4. The van der Waals surface area contributed by atoms with Crippen LogP contribution in [0.25, 0.3) is 11.5 Å². The highest BCUT2D eigenvalue weighted by Gasteiger charge is 2.40. The highest BCUT2D eigenvalue weighted by Crippen LogP contribution is 2.33. The third kappa shape index (κ3) is 5.76. The number of benzene rings is 2. The fourth-order valence-electron chi connectivity index (χ4n) is 4.30. The van der Waals surface area contributed by atoms with Crippen molar-refractivity contribution in [3.63, 3.8) is 0 Å². The van der Waals surface area contributed by atoms with E-state index in [1.807, 2.05) is 0 Å². The molecule has 1 aromatic heterocycles. The molecule has 0 spiro atoms. The molecular formula is C27H27F3N2O6. The summed E-state index contributed by atoms with van der Waals surface area (Å²) < 4.78 is 54.9. The van der Waals surface area contributed by atoms with E-state index in [1.54, 1.807) is 45.0 Å². The Labute approximate surface area is 217 Å². The van der Waals surface area contributed by atoms with Crippen LogP contribution in [0.2, 0.25) is 0 Å². The van der Waals surface area contributed by atoms with Gasteiger partial charge in [0.05, 0.1) is 11.0 Å². The summed E-state index contributed by atoms with van der Waals surface area (Å²) in [4.78, 5) is 30.2. The summed E-state index contributed by atoms with van der Waals surface area (Å²) in [5.41, 5.74) is -0.191. The van der Waals surface area contributed by atoms with Gasteiger partial charge in [0.2, 0.25) is 11.8 Å². The summed E-state index contributed by atoms with van der Waals surface area (Å²) in [7, 11) is 0. The fraction of sp³-hybridized carbons (Fsp3) is 0.370. The molecule has 2 aromatic carbocycles. The van der Waals surface area contributed by atoms with Gasteiger partial charge in [0.25, 0.3) is 0 Å². The molecule has 3 aromatic rings. The van der Waals surface area contributed by atoms with Gasteiger partial charge in [0.15, 0.2) is 6.23 Å². The van der Waals surface area contributed by atoms with Gasteiger partial charge >= 0.3 is 12.3 Å². The van der Waals surface area contributed by atoms with Crippen LogP contribution in [0.4, 0.5) is 18.0 Å². The number of ether oxygens (including phenoxy) is 2. The number of hydrogen-bond acceptors (Lipinski definition) is 6. The summed E-state index contributed by atoms with van der Waals surface area (Å²) in [6.45, 7) is 5.63. The smallest absolute Gasteiger partial charge is 0.487 e. The molecule has 8 nitrogen and oxygen atoms in total. The highest BCUT2D eigenvalue weighted by molar-refractivity contribution is 5.88. The summed E-state index contributed by atoms with van der Waals surface area (Å²) in [5.74, 6) is 0.859. The van der Waals surface area contributed by atoms with E-state index < -0.39 is 29.5 Å². The zero-order valence-electron chi connectivity index (χ0n) is 21.0. The topological polar surface area (TPSA) is 102 Å². The Hall–Kier alpha value is -4.02.